The molecule has 1 rings (SSSR count). The van der Waals surface area contributed by atoms with Gasteiger partial charge in [-0.15, -0.1) is 0 Å². The number of methoxy groups -OCH3 is 1. The van der Waals surface area contributed by atoms with E-state index in [2.05, 4.69) is 5.32 Å². The van der Waals surface area contributed by atoms with E-state index in [9.17, 15) is 9.59 Å². The lowest BCUT2D eigenvalue weighted by Crippen LogP contribution is -2.45. The zero-order valence-electron chi connectivity index (χ0n) is 12.8. The predicted molar refractivity (Wildman–Crippen MR) is 78.6 cm³/mol. The van der Waals surface area contributed by atoms with Crippen LogP contribution in [0.2, 0.25) is 0 Å². The average Bonchev–Trinajstić information content (AvgIpc) is 2.42. The summed E-state index contributed by atoms with van der Waals surface area (Å²) < 4.78 is 4.70. The van der Waals surface area contributed by atoms with E-state index >= 15 is 0 Å². The van der Waals surface area contributed by atoms with Gasteiger partial charge in [0.2, 0.25) is 0 Å². The molecule has 0 bridgehead atoms. The summed E-state index contributed by atoms with van der Waals surface area (Å²) in [5, 5.41) is 11.4. The van der Waals surface area contributed by atoms with Gasteiger partial charge in [-0.05, 0) is 26.0 Å². The Morgan fingerprint density at radius 2 is 1.86 bits per heavy atom. The molecule has 0 aliphatic heterocycles. The maximum Gasteiger partial charge on any atom is 0.328 e. The maximum absolute atomic E-state index is 12.3. The molecule has 0 saturated carbocycles. The third kappa shape index (κ3) is 4.60. The second-order valence-electron chi connectivity index (χ2n) is 5.19. The largest absolute Gasteiger partial charge is 0.467 e. The molecule has 1 N–H and O–H groups in total. The average molecular weight is 288 g/mol. The number of nitriles is 1. The van der Waals surface area contributed by atoms with Crippen LogP contribution < -0.4 is 5.32 Å². The molecule has 0 fully saturated rings. The van der Waals surface area contributed by atoms with Gasteiger partial charge in [-0.2, -0.15) is 5.26 Å². The van der Waals surface area contributed by atoms with Gasteiger partial charge in [0.25, 0.3) is 5.91 Å². The molecule has 0 radical (unpaired) electrons. The quantitative estimate of drug-likeness (QED) is 0.842. The van der Waals surface area contributed by atoms with Crippen molar-refractivity contribution >= 4 is 11.9 Å². The Morgan fingerprint density at radius 3 is 2.33 bits per heavy atom. The van der Waals surface area contributed by atoms with Crippen LogP contribution in [0, 0.1) is 31.1 Å². The molecule has 0 aliphatic carbocycles. The normalized spacial score (nSPS) is 12.9. The molecule has 1 aromatic carbocycles. The Bertz CT molecular complexity index is 555. The van der Waals surface area contributed by atoms with E-state index in [-0.39, 0.29) is 18.2 Å². The Labute approximate surface area is 124 Å². The number of esters is 1. The van der Waals surface area contributed by atoms with Crippen LogP contribution in [0.25, 0.3) is 0 Å². The first-order valence-electron chi connectivity index (χ1n) is 6.73. The SMILES string of the molecule is COC(=O)[C@H](NC(=O)c1cc(C)cc(C)c1)[C@H](C)CC#N. The summed E-state index contributed by atoms with van der Waals surface area (Å²) in [6.07, 6.45) is 0.160. The molecule has 2 atom stereocenters. The van der Waals surface area contributed by atoms with Crippen LogP contribution in [0.1, 0.15) is 34.8 Å². The van der Waals surface area contributed by atoms with Crippen molar-refractivity contribution < 1.29 is 14.3 Å². The van der Waals surface area contributed by atoms with Crippen LogP contribution >= 0.6 is 0 Å². The number of nitrogens with one attached hydrogen (secondary N) is 1. The number of carbonyl (C=O) groups is 2. The lowest BCUT2D eigenvalue weighted by molar-refractivity contribution is -0.144. The predicted octanol–water partition coefficient (Wildman–Crippen LogP) is 2.12. The Morgan fingerprint density at radius 1 is 1.29 bits per heavy atom. The van der Waals surface area contributed by atoms with Crippen LogP contribution in [0.5, 0.6) is 0 Å². The number of ether oxygens (including phenoxy) is 1. The Hall–Kier alpha value is -2.35. The number of hydrogen-bond acceptors (Lipinski definition) is 4. The van der Waals surface area contributed by atoms with Gasteiger partial charge in [-0.25, -0.2) is 4.79 Å². The molecule has 21 heavy (non-hydrogen) atoms. The van der Waals surface area contributed by atoms with Gasteiger partial charge in [0.05, 0.1) is 13.2 Å². The minimum absolute atomic E-state index is 0.160. The minimum Gasteiger partial charge on any atom is -0.467 e. The highest BCUT2D eigenvalue weighted by molar-refractivity contribution is 5.97. The van der Waals surface area contributed by atoms with E-state index in [4.69, 9.17) is 10.00 Å². The monoisotopic (exact) mass is 288 g/mol. The second kappa shape index (κ2) is 7.44. The van der Waals surface area contributed by atoms with Gasteiger partial charge in [0.1, 0.15) is 6.04 Å². The fourth-order valence-corrected chi connectivity index (χ4v) is 2.15. The molecule has 0 unspecified atom stereocenters. The van der Waals surface area contributed by atoms with Gasteiger partial charge in [-0.3, -0.25) is 4.79 Å². The fraction of sp³-hybridized carbons (Fsp3) is 0.438. The molecular weight excluding hydrogens is 268 g/mol. The van der Waals surface area contributed by atoms with Crippen molar-refractivity contribution in [3.63, 3.8) is 0 Å². The number of aryl methyl sites for hydroxylation is 2. The van der Waals surface area contributed by atoms with E-state index in [0.29, 0.717) is 5.56 Å². The first kappa shape index (κ1) is 16.7. The van der Waals surface area contributed by atoms with E-state index in [1.165, 1.54) is 7.11 Å². The van der Waals surface area contributed by atoms with E-state index in [0.717, 1.165) is 11.1 Å². The zero-order chi connectivity index (χ0) is 16.0. The van der Waals surface area contributed by atoms with Crippen LogP contribution in [0.3, 0.4) is 0 Å². The van der Waals surface area contributed by atoms with Crippen molar-refractivity contribution in [2.24, 2.45) is 5.92 Å². The molecule has 5 heteroatoms. The number of amides is 1. The molecule has 112 valence electrons. The van der Waals surface area contributed by atoms with Gasteiger partial charge < -0.3 is 10.1 Å². The summed E-state index contributed by atoms with van der Waals surface area (Å²) in [6.45, 7) is 5.53. The van der Waals surface area contributed by atoms with Gasteiger partial charge in [0.15, 0.2) is 0 Å². The summed E-state index contributed by atoms with van der Waals surface area (Å²) in [6, 6.07) is 6.64. The van der Waals surface area contributed by atoms with Crippen LogP contribution in [0.4, 0.5) is 0 Å². The lowest BCUT2D eigenvalue weighted by Gasteiger charge is -2.21. The highest BCUT2D eigenvalue weighted by atomic mass is 16.5. The van der Waals surface area contributed by atoms with Crippen molar-refractivity contribution in [3.05, 3.63) is 34.9 Å². The van der Waals surface area contributed by atoms with Crippen LogP contribution in [0.15, 0.2) is 18.2 Å². The molecule has 1 amide bonds. The highest BCUT2D eigenvalue weighted by Crippen LogP contribution is 2.13. The lowest BCUT2D eigenvalue weighted by atomic mass is 9.98. The number of carbonyl (C=O) groups excluding carboxylic acids is 2. The Kier molecular flexibility index (Phi) is 5.92. The number of rotatable bonds is 5. The molecular formula is C16H20N2O3. The van der Waals surface area contributed by atoms with Crippen molar-refractivity contribution in [3.8, 4) is 6.07 Å². The van der Waals surface area contributed by atoms with Gasteiger partial charge in [0, 0.05) is 17.9 Å². The molecule has 0 spiro atoms. The topological polar surface area (TPSA) is 79.2 Å². The second-order valence-corrected chi connectivity index (χ2v) is 5.19. The van der Waals surface area contributed by atoms with Crippen molar-refractivity contribution in [1.82, 2.24) is 5.32 Å². The molecule has 0 aliphatic rings. The van der Waals surface area contributed by atoms with E-state index in [1.807, 2.05) is 26.0 Å². The molecule has 0 aromatic heterocycles. The standard InChI is InChI=1S/C16H20N2O3/c1-10-7-11(2)9-13(8-10)15(19)18-14(16(20)21-4)12(3)5-6-17/h7-9,12,14H,5H2,1-4H3,(H,18,19)/t12-,14-/m1/s1. The summed E-state index contributed by atoms with van der Waals surface area (Å²) in [5.74, 6) is -1.21. The first-order chi connectivity index (χ1) is 9.88. The van der Waals surface area contributed by atoms with E-state index < -0.39 is 12.0 Å². The number of benzene rings is 1. The fourth-order valence-electron chi connectivity index (χ4n) is 2.15. The summed E-state index contributed by atoms with van der Waals surface area (Å²) in [5.41, 5.74) is 2.44. The summed E-state index contributed by atoms with van der Waals surface area (Å²) >= 11 is 0. The third-order valence-electron chi connectivity index (χ3n) is 3.21. The van der Waals surface area contributed by atoms with Gasteiger partial charge in [-0.1, -0.05) is 24.1 Å². The summed E-state index contributed by atoms with van der Waals surface area (Å²) in [7, 11) is 1.26. The molecule has 1 aromatic rings. The number of nitrogens with zero attached hydrogens (tertiary/aromatic N) is 1. The third-order valence-corrected chi connectivity index (χ3v) is 3.21. The van der Waals surface area contributed by atoms with Crippen LogP contribution in [-0.4, -0.2) is 25.0 Å². The molecule has 5 nitrogen and oxygen atoms in total. The minimum atomic E-state index is -0.831. The van der Waals surface area contributed by atoms with Crippen molar-refractivity contribution in [2.75, 3.05) is 7.11 Å². The Balaban J connectivity index is 2.95. The highest BCUT2D eigenvalue weighted by Gasteiger charge is 2.28. The van der Waals surface area contributed by atoms with Crippen molar-refractivity contribution in [1.29, 1.82) is 5.26 Å². The van der Waals surface area contributed by atoms with Crippen LogP contribution in [-0.2, 0) is 9.53 Å². The smallest absolute Gasteiger partial charge is 0.328 e. The van der Waals surface area contributed by atoms with E-state index in [1.54, 1.807) is 19.1 Å². The van der Waals surface area contributed by atoms with Crippen molar-refractivity contribution in [2.45, 2.75) is 33.2 Å². The molecule has 0 heterocycles. The number of hydrogen-bond donors (Lipinski definition) is 1. The summed E-state index contributed by atoms with van der Waals surface area (Å²) in [4.78, 5) is 24.1. The zero-order valence-corrected chi connectivity index (χ0v) is 12.8. The maximum atomic E-state index is 12.3. The van der Waals surface area contributed by atoms with Gasteiger partial charge >= 0.3 is 5.97 Å². The first-order valence-corrected chi connectivity index (χ1v) is 6.73. The molecule has 0 saturated heterocycles.